The average Bonchev–Trinajstić information content (AvgIpc) is 2.91. The van der Waals surface area contributed by atoms with Crippen LogP contribution in [0.15, 0.2) is 94.5 Å². The molecule has 0 aliphatic carbocycles. The highest BCUT2D eigenvalue weighted by Crippen LogP contribution is 2.24. The number of rotatable bonds is 7. The van der Waals surface area contributed by atoms with Gasteiger partial charge in [-0.05, 0) is 60.8 Å². The molecule has 9 heteroatoms. The molecule has 0 spiro atoms. The molecule has 0 aromatic heterocycles. The quantitative estimate of drug-likeness (QED) is 0.105. The molecule has 0 heterocycles. The maximum atomic E-state index is 12.6. The van der Waals surface area contributed by atoms with Crippen molar-refractivity contribution in [3.05, 3.63) is 101 Å². The lowest BCUT2D eigenvalue weighted by atomic mass is 10.1. The van der Waals surface area contributed by atoms with Crippen molar-refractivity contribution in [1.82, 2.24) is 5.43 Å². The molecule has 0 atom stereocenters. The molecule has 0 saturated carbocycles. The minimum Gasteiger partial charge on any atom is -0.494 e. The summed E-state index contributed by atoms with van der Waals surface area (Å²) < 4.78 is 11.6. The van der Waals surface area contributed by atoms with Crippen molar-refractivity contribution >= 4 is 56.4 Å². The summed E-state index contributed by atoms with van der Waals surface area (Å²) in [5.74, 6) is -1.52. The Bertz CT molecular complexity index is 1480. The molecule has 186 valence electrons. The van der Waals surface area contributed by atoms with Crippen molar-refractivity contribution in [1.29, 1.82) is 0 Å². The summed E-state index contributed by atoms with van der Waals surface area (Å²) in [6.45, 7) is 2.39. The van der Waals surface area contributed by atoms with Gasteiger partial charge in [-0.15, -0.1) is 0 Å². The maximum Gasteiger partial charge on any atom is 0.343 e. The Morgan fingerprint density at radius 2 is 1.68 bits per heavy atom. The van der Waals surface area contributed by atoms with E-state index >= 15 is 0 Å². The van der Waals surface area contributed by atoms with Gasteiger partial charge in [-0.1, -0.05) is 52.3 Å². The second kappa shape index (κ2) is 12.0. The minimum atomic E-state index is -0.952. The lowest BCUT2D eigenvalue weighted by Gasteiger charge is -2.09. The number of nitrogens with one attached hydrogen (secondary N) is 2. The fraction of sp³-hybridized carbons (Fsp3) is 0.0714. The van der Waals surface area contributed by atoms with Gasteiger partial charge in [0.15, 0.2) is 0 Å². The van der Waals surface area contributed by atoms with Gasteiger partial charge >= 0.3 is 17.8 Å². The third kappa shape index (κ3) is 6.59. The van der Waals surface area contributed by atoms with Gasteiger partial charge in [0.05, 0.1) is 18.4 Å². The SMILES string of the molecule is CCOc1ccc(C(=O)Oc2ccc(Br)cc2C=NNC(=O)C(=O)Nc2cccc3ccccc23)cc1. The van der Waals surface area contributed by atoms with E-state index in [-0.39, 0.29) is 5.75 Å². The number of carbonyl (C=O) groups is 3. The van der Waals surface area contributed by atoms with Crippen molar-refractivity contribution in [2.24, 2.45) is 5.10 Å². The number of fused-ring (bicyclic) bond motifs is 1. The van der Waals surface area contributed by atoms with Gasteiger partial charge in [-0.25, -0.2) is 10.2 Å². The molecule has 0 bridgehead atoms. The van der Waals surface area contributed by atoms with E-state index < -0.39 is 17.8 Å². The highest BCUT2D eigenvalue weighted by molar-refractivity contribution is 9.10. The topological polar surface area (TPSA) is 106 Å². The van der Waals surface area contributed by atoms with Gasteiger partial charge in [0.25, 0.3) is 0 Å². The largest absolute Gasteiger partial charge is 0.494 e. The monoisotopic (exact) mass is 559 g/mol. The summed E-state index contributed by atoms with van der Waals surface area (Å²) in [6, 6.07) is 24.4. The van der Waals surface area contributed by atoms with Crippen LogP contribution in [0.5, 0.6) is 11.5 Å². The first-order valence-corrected chi connectivity index (χ1v) is 12.1. The number of ether oxygens (including phenoxy) is 2. The van der Waals surface area contributed by atoms with Gasteiger partial charge in [0.1, 0.15) is 11.5 Å². The Balaban J connectivity index is 1.41. The molecule has 37 heavy (non-hydrogen) atoms. The van der Waals surface area contributed by atoms with Crippen molar-refractivity contribution in [2.45, 2.75) is 6.92 Å². The first-order valence-electron chi connectivity index (χ1n) is 11.3. The average molecular weight is 560 g/mol. The number of halogens is 1. The number of esters is 1. The summed E-state index contributed by atoms with van der Waals surface area (Å²) in [4.78, 5) is 37.3. The molecular weight excluding hydrogens is 538 g/mol. The number of anilines is 1. The van der Waals surface area contributed by atoms with E-state index in [4.69, 9.17) is 9.47 Å². The summed E-state index contributed by atoms with van der Waals surface area (Å²) in [5.41, 5.74) is 3.46. The molecule has 0 aliphatic rings. The van der Waals surface area contributed by atoms with Crippen LogP contribution in [0.2, 0.25) is 0 Å². The van der Waals surface area contributed by atoms with Crippen molar-refractivity contribution < 1.29 is 23.9 Å². The highest BCUT2D eigenvalue weighted by atomic mass is 79.9. The second-order valence-electron chi connectivity index (χ2n) is 7.71. The molecule has 0 radical (unpaired) electrons. The van der Waals surface area contributed by atoms with Crippen LogP contribution in [-0.4, -0.2) is 30.6 Å². The molecule has 0 aliphatic heterocycles. The Morgan fingerprint density at radius 3 is 2.46 bits per heavy atom. The van der Waals surface area contributed by atoms with E-state index in [2.05, 4.69) is 31.8 Å². The first kappa shape index (κ1) is 25.6. The van der Waals surface area contributed by atoms with Crippen LogP contribution in [0, 0.1) is 0 Å². The minimum absolute atomic E-state index is 0.222. The molecular formula is C28H22BrN3O5. The normalized spacial score (nSPS) is 10.8. The highest BCUT2D eigenvalue weighted by Gasteiger charge is 2.15. The summed E-state index contributed by atoms with van der Waals surface area (Å²) in [6.07, 6.45) is 1.29. The smallest absolute Gasteiger partial charge is 0.343 e. The van der Waals surface area contributed by atoms with Crippen LogP contribution in [-0.2, 0) is 9.59 Å². The number of amides is 2. The molecule has 4 rings (SSSR count). The molecule has 0 unspecified atom stereocenters. The Labute approximate surface area is 221 Å². The Kier molecular flexibility index (Phi) is 8.27. The summed E-state index contributed by atoms with van der Waals surface area (Å²) >= 11 is 3.36. The van der Waals surface area contributed by atoms with Gasteiger partial charge in [-0.3, -0.25) is 9.59 Å². The molecule has 4 aromatic rings. The third-order valence-electron chi connectivity index (χ3n) is 5.19. The van der Waals surface area contributed by atoms with Crippen LogP contribution in [0.25, 0.3) is 10.8 Å². The first-order chi connectivity index (χ1) is 17.9. The van der Waals surface area contributed by atoms with Crippen LogP contribution in [0.3, 0.4) is 0 Å². The van der Waals surface area contributed by atoms with Crippen LogP contribution < -0.4 is 20.2 Å². The summed E-state index contributed by atoms with van der Waals surface area (Å²) in [7, 11) is 0. The third-order valence-corrected chi connectivity index (χ3v) is 5.68. The predicted molar refractivity (Wildman–Crippen MR) is 145 cm³/mol. The maximum absolute atomic E-state index is 12.6. The lowest BCUT2D eigenvalue weighted by molar-refractivity contribution is -0.136. The van der Waals surface area contributed by atoms with E-state index in [9.17, 15) is 14.4 Å². The second-order valence-corrected chi connectivity index (χ2v) is 8.62. The van der Waals surface area contributed by atoms with Gasteiger partial charge in [-0.2, -0.15) is 5.10 Å². The van der Waals surface area contributed by atoms with Crippen LogP contribution >= 0.6 is 15.9 Å². The number of benzene rings is 4. The van der Waals surface area contributed by atoms with Crippen molar-refractivity contribution in [3.63, 3.8) is 0 Å². The zero-order valence-corrected chi connectivity index (χ0v) is 21.3. The van der Waals surface area contributed by atoms with E-state index in [0.717, 1.165) is 10.8 Å². The molecule has 0 saturated heterocycles. The van der Waals surface area contributed by atoms with Gasteiger partial charge in [0, 0.05) is 21.1 Å². The molecule has 8 nitrogen and oxygen atoms in total. The molecule has 4 aromatic carbocycles. The number of hydrogen-bond acceptors (Lipinski definition) is 6. The van der Waals surface area contributed by atoms with E-state index in [1.54, 1.807) is 54.6 Å². The Hall–Kier alpha value is -4.50. The summed E-state index contributed by atoms with van der Waals surface area (Å²) in [5, 5.41) is 8.21. The fourth-order valence-corrected chi connectivity index (χ4v) is 3.83. The van der Waals surface area contributed by atoms with E-state index in [1.807, 2.05) is 37.3 Å². The zero-order valence-electron chi connectivity index (χ0n) is 19.7. The van der Waals surface area contributed by atoms with Crippen LogP contribution in [0.4, 0.5) is 5.69 Å². The predicted octanol–water partition coefficient (Wildman–Crippen LogP) is 5.31. The van der Waals surface area contributed by atoms with Gasteiger partial charge < -0.3 is 14.8 Å². The standard InChI is InChI=1S/C28H22BrN3O5/c1-2-36-22-13-10-19(11-14-22)28(35)37-25-15-12-21(29)16-20(25)17-30-32-27(34)26(33)31-24-9-5-7-18-6-3-4-8-23(18)24/h3-17H,2H2,1H3,(H,31,33)(H,32,34). The van der Waals surface area contributed by atoms with Crippen LogP contribution in [0.1, 0.15) is 22.8 Å². The zero-order chi connectivity index (χ0) is 26.2. The van der Waals surface area contributed by atoms with Crippen molar-refractivity contribution in [2.75, 3.05) is 11.9 Å². The number of nitrogens with zero attached hydrogens (tertiary/aromatic N) is 1. The molecule has 2 amide bonds. The molecule has 2 N–H and O–H groups in total. The fourth-order valence-electron chi connectivity index (χ4n) is 3.45. The number of carbonyl (C=O) groups excluding carboxylic acids is 3. The Morgan fingerprint density at radius 1 is 0.919 bits per heavy atom. The molecule has 0 fully saturated rings. The lowest BCUT2D eigenvalue weighted by Crippen LogP contribution is -2.32. The van der Waals surface area contributed by atoms with E-state index in [0.29, 0.717) is 33.6 Å². The van der Waals surface area contributed by atoms with E-state index in [1.165, 1.54) is 6.21 Å². The number of hydrazone groups is 1. The number of hydrogen-bond donors (Lipinski definition) is 2. The van der Waals surface area contributed by atoms with Crippen molar-refractivity contribution in [3.8, 4) is 11.5 Å². The van der Waals surface area contributed by atoms with Gasteiger partial charge in [0.2, 0.25) is 0 Å².